The number of hydrogen-bond acceptors (Lipinski definition) is 7. The summed E-state index contributed by atoms with van der Waals surface area (Å²) in [5, 5.41) is 15.0. The van der Waals surface area contributed by atoms with Crippen molar-refractivity contribution in [3.05, 3.63) is 40.0 Å². The average molecular weight is 293 g/mol. The molecule has 1 aromatic heterocycles. The molecule has 0 saturated carbocycles. The Hall–Kier alpha value is -2.68. The molecule has 9 nitrogen and oxygen atoms in total. The smallest absolute Gasteiger partial charge is 0.277 e. The lowest BCUT2D eigenvalue weighted by molar-refractivity contribution is -0.385. The van der Waals surface area contributed by atoms with Gasteiger partial charge in [-0.15, -0.1) is 0 Å². The third-order valence-electron chi connectivity index (χ3n) is 2.94. The third kappa shape index (κ3) is 3.08. The maximum Gasteiger partial charge on any atom is 0.277 e. The fraction of sp³-hybridized carbons (Fsp3) is 0.333. The molecule has 0 radical (unpaired) electrons. The number of aryl methyl sites for hydroxylation is 1. The molecule has 0 spiro atoms. The van der Waals surface area contributed by atoms with Crippen LogP contribution in [-0.2, 0) is 20.2 Å². The van der Waals surface area contributed by atoms with Crippen molar-refractivity contribution in [3.8, 4) is 11.5 Å². The number of nitrogens with two attached hydrogens (primary N) is 1. The van der Waals surface area contributed by atoms with Crippen LogP contribution >= 0.6 is 0 Å². The molecule has 21 heavy (non-hydrogen) atoms. The number of methoxy groups -OCH3 is 1. The van der Waals surface area contributed by atoms with Crippen LogP contribution in [0.2, 0.25) is 0 Å². The zero-order valence-corrected chi connectivity index (χ0v) is 11.6. The summed E-state index contributed by atoms with van der Waals surface area (Å²) in [6.45, 7) is 0.155. The lowest BCUT2D eigenvalue weighted by atomic mass is 10.1. The first-order valence-corrected chi connectivity index (χ1v) is 6.07. The van der Waals surface area contributed by atoms with E-state index >= 15 is 0 Å². The number of aromatic nitrogens is 3. The molecule has 0 amide bonds. The number of hydrogen-bond donors (Lipinski definition) is 1. The van der Waals surface area contributed by atoms with Crippen LogP contribution in [0.4, 0.5) is 5.69 Å². The van der Waals surface area contributed by atoms with Gasteiger partial charge in [-0.2, -0.15) is 5.10 Å². The van der Waals surface area contributed by atoms with Crippen molar-refractivity contribution in [2.45, 2.75) is 13.2 Å². The van der Waals surface area contributed by atoms with E-state index in [1.807, 2.05) is 0 Å². The summed E-state index contributed by atoms with van der Waals surface area (Å²) in [4.78, 5) is 14.6. The maximum absolute atomic E-state index is 11.0. The molecule has 0 saturated heterocycles. The molecule has 112 valence electrons. The highest BCUT2D eigenvalue weighted by molar-refractivity contribution is 5.54. The predicted molar refractivity (Wildman–Crippen MR) is 72.9 cm³/mol. The fourth-order valence-corrected chi connectivity index (χ4v) is 1.79. The summed E-state index contributed by atoms with van der Waals surface area (Å²) >= 11 is 0. The zero-order valence-electron chi connectivity index (χ0n) is 11.6. The van der Waals surface area contributed by atoms with Crippen molar-refractivity contribution in [3.63, 3.8) is 0 Å². The Labute approximate surface area is 120 Å². The molecular weight excluding hydrogens is 278 g/mol. The second-order valence-electron chi connectivity index (χ2n) is 4.18. The zero-order chi connectivity index (χ0) is 15.4. The van der Waals surface area contributed by atoms with E-state index in [0.29, 0.717) is 17.1 Å². The van der Waals surface area contributed by atoms with Gasteiger partial charge in [0.05, 0.1) is 18.1 Å². The first kappa shape index (κ1) is 14.7. The van der Waals surface area contributed by atoms with Crippen LogP contribution in [0.5, 0.6) is 11.5 Å². The summed E-state index contributed by atoms with van der Waals surface area (Å²) in [6.07, 6.45) is 1.40. The van der Waals surface area contributed by atoms with Crippen molar-refractivity contribution >= 4 is 5.69 Å². The first-order valence-electron chi connectivity index (χ1n) is 6.07. The molecular formula is C12H15N5O4. The van der Waals surface area contributed by atoms with E-state index in [0.717, 1.165) is 0 Å². The second-order valence-corrected chi connectivity index (χ2v) is 4.18. The molecule has 2 N–H and O–H groups in total. The van der Waals surface area contributed by atoms with E-state index in [2.05, 4.69) is 10.1 Å². The SMILES string of the molecule is COc1cc(CN)c([N+](=O)[O-])cc1OCc1ncnn1C. The van der Waals surface area contributed by atoms with Crippen LogP contribution in [-0.4, -0.2) is 26.8 Å². The summed E-state index contributed by atoms with van der Waals surface area (Å²) in [5.74, 6) is 1.22. The largest absolute Gasteiger partial charge is 0.493 e. The quantitative estimate of drug-likeness (QED) is 0.617. The van der Waals surface area contributed by atoms with Gasteiger partial charge in [0.25, 0.3) is 5.69 Å². The normalized spacial score (nSPS) is 10.4. The van der Waals surface area contributed by atoms with Crippen LogP contribution in [0.25, 0.3) is 0 Å². The highest BCUT2D eigenvalue weighted by Gasteiger charge is 2.19. The van der Waals surface area contributed by atoms with Gasteiger partial charge in [-0.1, -0.05) is 0 Å². The van der Waals surface area contributed by atoms with Gasteiger partial charge < -0.3 is 15.2 Å². The van der Waals surface area contributed by atoms with Gasteiger partial charge in [-0.05, 0) is 6.07 Å². The fourth-order valence-electron chi connectivity index (χ4n) is 1.79. The highest BCUT2D eigenvalue weighted by atomic mass is 16.6. The number of nitrogens with zero attached hydrogens (tertiary/aromatic N) is 4. The Balaban J connectivity index is 2.31. The molecule has 1 heterocycles. The van der Waals surface area contributed by atoms with E-state index in [1.54, 1.807) is 11.7 Å². The molecule has 0 fully saturated rings. The molecule has 0 aliphatic heterocycles. The molecule has 0 atom stereocenters. The van der Waals surface area contributed by atoms with Gasteiger partial charge in [0.1, 0.15) is 12.9 Å². The predicted octanol–water partition coefficient (Wildman–Crippen LogP) is 0.770. The molecule has 0 unspecified atom stereocenters. The summed E-state index contributed by atoms with van der Waals surface area (Å²) in [5.41, 5.74) is 5.78. The Kier molecular flexibility index (Phi) is 4.33. The molecule has 1 aromatic carbocycles. The van der Waals surface area contributed by atoms with Crippen molar-refractivity contribution in [2.75, 3.05) is 7.11 Å². The number of rotatable bonds is 6. The molecule has 9 heteroatoms. The van der Waals surface area contributed by atoms with Crippen molar-refractivity contribution in [1.82, 2.24) is 14.8 Å². The van der Waals surface area contributed by atoms with E-state index in [-0.39, 0.29) is 24.6 Å². The van der Waals surface area contributed by atoms with Crippen LogP contribution in [0, 0.1) is 10.1 Å². The number of nitro benzene ring substituents is 1. The summed E-state index contributed by atoms with van der Waals surface area (Å²) < 4.78 is 12.3. The van der Waals surface area contributed by atoms with Gasteiger partial charge in [-0.3, -0.25) is 14.8 Å². The van der Waals surface area contributed by atoms with Crippen molar-refractivity contribution in [1.29, 1.82) is 0 Å². The Bertz CT molecular complexity index is 655. The lowest BCUT2D eigenvalue weighted by Crippen LogP contribution is -2.07. The van der Waals surface area contributed by atoms with E-state index < -0.39 is 4.92 Å². The molecule has 2 rings (SSSR count). The topological polar surface area (TPSA) is 118 Å². The number of benzene rings is 1. The molecule has 0 bridgehead atoms. The van der Waals surface area contributed by atoms with Crippen LogP contribution in [0.15, 0.2) is 18.5 Å². The van der Waals surface area contributed by atoms with Crippen LogP contribution in [0.3, 0.4) is 0 Å². The minimum Gasteiger partial charge on any atom is -0.493 e. The highest BCUT2D eigenvalue weighted by Crippen LogP contribution is 2.34. The third-order valence-corrected chi connectivity index (χ3v) is 2.94. The van der Waals surface area contributed by atoms with Crippen LogP contribution < -0.4 is 15.2 Å². The first-order chi connectivity index (χ1) is 10.1. The Morgan fingerprint density at radius 1 is 1.43 bits per heavy atom. The van der Waals surface area contributed by atoms with Gasteiger partial charge in [-0.25, -0.2) is 4.98 Å². The maximum atomic E-state index is 11.0. The molecule has 0 aliphatic carbocycles. The molecule has 0 aliphatic rings. The monoisotopic (exact) mass is 293 g/mol. The minimum atomic E-state index is -0.503. The number of ether oxygens (including phenoxy) is 2. The Morgan fingerprint density at radius 3 is 2.71 bits per heavy atom. The minimum absolute atomic E-state index is 0.0379. The summed E-state index contributed by atoms with van der Waals surface area (Å²) in [6, 6.07) is 2.81. The second kappa shape index (κ2) is 6.18. The standard InChI is InChI=1S/C12H15N5O4/c1-16-12(14-7-15-16)6-21-11-4-9(17(18)19)8(5-13)3-10(11)20-2/h3-4,7H,5-6,13H2,1-2H3. The average Bonchev–Trinajstić information content (AvgIpc) is 2.89. The summed E-state index contributed by atoms with van der Waals surface area (Å²) in [7, 11) is 3.18. The van der Waals surface area contributed by atoms with E-state index in [1.165, 1.54) is 25.6 Å². The van der Waals surface area contributed by atoms with Gasteiger partial charge >= 0.3 is 0 Å². The van der Waals surface area contributed by atoms with Crippen molar-refractivity contribution in [2.24, 2.45) is 12.8 Å². The lowest BCUT2D eigenvalue weighted by Gasteiger charge is -2.12. The molecule has 2 aromatic rings. The van der Waals surface area contributed by atoms with E-state index in [9.17, 15) is 10.1 Å². The van der Waals surface area contributed by atoms with Crippen molar-refractivity contribution < 1.29 is 14.4 Å². The number of nitro groups is 1. The van der Waals surface area contributed by atoms with E-state index in [4.69, 9.17) is 15.2 Å². The van der Waals surface area contributed by atoms with Crippen LogP contribution in [0.1, 0.15) is 11.4 Å². The Morgan fingerprint density at radius 2 is 2.19 bits per heavy atom. The van der Waals surface area contributed by atoms with Gasteiger partial charge in [0.15, 0.2) is 17.3 Å². The van der Waals surface area contributed by atoms with Gasteiger partial charge in [0, 0.05) is 19.2 Å². The van der Waals surface area contributed by atoms with Gasteiger partial charge in [0.2, 0.25) is 0 Å².